The number of benzene rings is 1. The third kappa shape index (κ3) is 3.59. The standard InChI is InChI=1S/C22H23ClN2O6/c1-11-15(6-7-17(26)29-3)25-12(10-24)8-13-14(20(25)18(11)22(27)31-5)9-16(28-2)21(30-4)19(13)23/h9,12H,6-8H2,1-5H3. The lowest BCUT2D eigenvalue weighted by Gasteiger charge is -2.28. The highest BCUT2D eigenvalue weighted by Crippen LogP contribution is 2.49. The molecule has 0 fully saturated rings. The molecule has 1 aromatic heterocycles. The Hall–Kier alpha value is -3.18. The van der Waals surface area contributed by atoms with Gasteiger partial charge in [0, 0.05) is 17.7 Å². The second kappa shape index (κ2) is 8.90. The van der Waals surface area contributed by atoms with E-state index in [2.05, 4.69) is 6.07 Å². The normalized spacial score (nSPS) is 14.2. The van der Waals surface area contributed by atoms with Gasteiger partial charge in [0.2, 0.25) is 0 Å². The number of ether oxygens (including phenoxy) is 4. The molecule has 8 nitrogen and oxygen atoms in total. The lowest BCUT2D eigenvalue weighted by atomic mass is 9.91. The zero-order chi connectivity index (χ0) is 22.9. The largest absolute Gasteiger partial charge is 0.493 e. The van der Waals surface area contributed by atoms with Crippen LogP contribution in [0.15, 0.2) is 6.07 Å². The summed E-state index contributed by atoms with van der Waals surface area (Å²) in [7, 11) is 5.60. The summed E-state index contributed by atoms with van der Waals surface area (Å²) in [5.41, 5.74) is 3.52. The Balaban J connectivity index is 2.37. The van der Waals surface area contributed by atoms with Gasteiger partial charge in [0.1, 0.15) is 6.04 Å². The average Bonchev–Trinajstić information content (AvgIpc) is 3.08. The van der Waals surface area contributed by atoms with E-state index in [0.717, 1.165) is 0 Å². The molecule has 0 saturated heterocycles. The first kappa shape index (κ1) is 22.5. The molecule has 1 atom stereocenters. The summed E-state index contributed by atoms with van der Waals surface area (Å²) < 4.78 is 22.5. The molecule has 0 N–H and O–H groups in total. The van der Waals surface area contributed by atoms with E-state index in [9.17, 15) is 14.9 Å². The maximum atomic E-state index is 12.8. The zero-order valence-electron chi connectivity index (χ0n) is 18.0. The van der Waals surface area contributed by atoms with Crippen LogP contribution in [-0.2, 0) is 27.1 Å². The molecule has 1 unspecified atom stereocenters. The van der Waals surface area contributed by atoms with E-state index in [4.69, 9.17) is 30.5 Å². The van der Waals surface area contributed by atoms with E-state index < -0.39 is 12.0 Å². The number of nitriles is 1. The molecule has 0 amide bonds. The van der Waals surface area contributed by atoms with Crippen LogP contribution < -0.4 is 9.47 Å². The van der Waals surface area contributed by atoms with Gasteiger partial charge < -0.3 is 23.5 Å². The minimum Gasteiger partial charge on any atom is -0.493 e. The SMILES string of the molecule is COC(=O)CCc1c(C)c(C(=O)OC)c2n1C(C#N)Cc1c-2cc(OC)c(OC)c1Cl. The lowest BCUT2D eigenvalue weighted by molar-refractivity contribution is -0.140. The molecule has 2 heterocycles. The topological polar surface area (TPSA) is 99.8 Å². The molecule has 0 aliphatic carbocycles. The van der Waals surface area contributed by atoms with Crippen LogP contribution in [0.25, 0.3) is 11.3 Å². The molecule has 31 heavy (non-hydrogen) atoms. The number of nitrogens with zero attached hydrogens (tertiary/aromatic N) is 2. The fourth-order valence-electron chi connectivity index (χ4n) is 4.14. The molecule has 1 aromatic carbocycles. The maximum absolute atomic E-state index is 12.8. The minimum absolute atomic E-state index is 0.110. The van der Waals surface area contributed by atoms with Crippen LogP contribution in [0.1, 0.15) is 39.6 Å². The van der Waals surface area contributed by atoms with Crippen LogP contribution in [0.2, 0.25) is 5.02 Å². The van der Waals surface area contributed by atoms with E-state index in [1.165, 1.54) is 28.4 Å². The quantitative estimate of drug-likeness (QED) is 0.624. The predicted octanol–water partition coefficient (Wildman–Crippen LogP) is 3.65. The van der Waals surface area contributed by atoms with Crippen LogP contribution in [-0.4, -0.2) is 44.9 Å². The number of aromatic nitrogens is 1. The molecule has 3 rings (SSSR count). The highest BCUT2D eigenvalue weighted by molar-refractivity contribution is 6.33. The van der Waals surface area contributed by atoms with Crippen molar-refractivity contribution in [3.05, 3.63) is 33.5 Å². The fraction of sp³-hybridized carbons (Fsp3) is 0.409. The monoisotopic (exact) mass is 446 g/mol. The molecule has 0 bridgehead atoms. The van der Waals surface area contributed by atoms with Crippen molar-refractivity contribution in [3.63, 3.8) is 0 Å². The van der Waals surface area contributed by atoms with Gasteiger partial charge in [0.15, 0.2) is 11.5 Å². The van der Waals surface area contributed by atoms with Crippen LogP contribution in [0.4, 0.5) is 0 Å². The van der Waals surface area contributed by atoms with Gasteiger partial charge in [-0.3, -0.25) is 4.79 Å². The minimum atomic E-state index is -0.636. The molecule has 1 aliphatic heterocycles. The number of methoxy groups -OCH3 is 4. The molecule has 0 radical (unpaired) electrons. The number of halogens is 1. The summed E-state index contributed by atoms with van der Waals surface area (Å²) in [5, 5.41) is 10.3. The fourth-order valence-corrected chi connectivity index (χ4v) is 4.49. The first-order valence-electron chi connectivity index (χ1n) is 9.56. The number of esters is 2. The van der Waals surface area contributed by atoms with Gasteiger partial charge in [-0.25, -0.2) is 4.79 Å². The van der Waals surface area contributed by atoms with Gasteiger partial charge in [-0.1, -0.05) is 11.6 Å². The molecule has 1 aliphatic rings. The second-order valence-corrected chi connectivity index (χ2v) is 7.41. The number of carbonyl (C=O) groups is 2. The van der Waals surface area contributed by atoms with Gasteiger partial charge in [-0.05, 0) is 30.5 Å². The van der Waals surface area contributed by atoms with Gasteiger partial charge in [0.25, 0.3) is 0 Å². The Bertz CT molecular complexity index is 1100. The van der Waals surface area contributed by atoms with Gasteiger partial charge in [-0.2, -0.15) is 5.26 Å². The van der Waals surface area contributed by atoms with Crippen molar-refractivity contribution in [1.82, 2.24) is 4.57 Å². The van der Waals surface area contributed by atoms with E-state index in [1.807, 2.05) is 0 Å². The van der Waals surface area contributed by atoms with E-state index in [-0.39, 0.29) is 12.4 Å². The van der Waals surface area contributed by atoms with E-state index in [0.29, 0.717) is 63.0 Å². The number of rotatable bonds is 6. The highest BCUT2D eigenvalue weighted by Gasteiger charge is 2.37. The molecule has 164 valence electrons. The molecule has 2 aromatic rings. The van der Waals surface area contributed by atoms with Crippen molar-refractivity contribution in [2.24, 2.45) is 0 Å². The summed E-state index contributed by atoms with van der Waals surface area (Å²) in [6.07, 6.45) is 0.716. The average molecular weight is 447 g/mol. The molecular formula is C22H23ClN2O6. The maximum Gasteiger partial charge on any atom is 0.340 e. The summed E-state index contributed by atoms with van der Waals surface area (Å²) in [4.78, 5) is 24.6. The zero-order valence-corrected chi connectivity index (χ0v) is 18.8. The Morgan fingerprint density at radius 2 is 1.94 bits per heavy atom. The predicted molar refractivity (Wildman–Crippen MR) is 113 cm³/mol. The third-order valence-corrected chi connectivity index (χ3v) is 5.99. The van der Waals surface area contributed by atoms with Crippen LogP contribution in [0.3, 0.4) is 0 Å². The summed E-state index contributed by atoms with van der Waals surface area (Å²) in [6, 6.07) is 3.41. The van der Waals surface area contributed by atoms with Crippen LogP contribution in [0, 0.1) is 18.3 Å². The molecule has 9 heteroatoms. The molecular weight excluding hydrogens is 424 g/mol. The lowest BCUT2D eigenvalue weighted by Crippen LogP contribution is -2.21. The van der Waals surface area contributed by atoms with E-state index in [1.54, 1.807) is 17.6 Å². The number of fused-ring (bicyclic) bond motifs is 3. The third-order valence-electron chi connectivity index (χ3n) is 5.59. The molecule has 0 saturated carbocycles. The number of hydrogen-bond donors (Lipinski definition) is 0. The first-order chi connectivity index (χ1) is 14.8. The Morgan fingerprint density at radius 3 is 2.48 bits per heavy atom. The first-order valence-corrected chi connectivity index (χ1v) is 9.94. The number of carbonyl (C=O) groups excluding carboxylic acids is 2. The van der Waals surface area contributed by atoms with Gasteiger partial charge >= 0.3 is 11.9 Å². The van der Waals surface area contributed by atoms with E-state index >= 15 is 0 Å². The van der Waals surface area contributed by atoms with Crippen molar-refractivity contribution >= 4 is 23.5 Å². The summed E-state index contributed by atoms with van der Waals surface area (Å²) >= 11 is 6.63. The summed E-state index contributed by atoms with van der Waals surface area (Å²) in [5.74, 6) is -0.157. The van der Waals surface area contributed by atoms with Crippen molar-refractivity contribution in [3.8, 4) is 28.8 Å². The smallest absolute Gasteiger partial charge is 0.340 e. The van der Waals surface area contributed by atoms with Gasteiger partial charge in [0.05, 0.1) is 57.2 Å². The Labute approximate surface area is 185 Å². The van der Waals surface area contributed by atoms with Crippen LogP contribution in [0.5, 0.6) is 11.5 Å². The van der Waals surface area contributed by atoms with Crippen molar-refractivity contribution in [1.29, 1.82) is 5.26 Å². The number of hydrogen-bond acceptors (Lipinski definition) is 7. The van der Waals surface area contributed by atoms with Crippen LogP contribution >= 0.6 is 11.6 Å². The van der Waals surface area contributed by atoms with Gasteiger partial charge in [-0.15, -0.1) is 0 Å². The summed E-state index contributed by atoms with van der Waals surface area (Å²) in [6.45, 7) is 1.78. The van der Waals surface area contributed by atoms with Crippen molar-refractivity contribution in [2.45, 2.75) is 32.2 Å². The Morgan fingerprint density at radius 1 is 1.23 bits per heavy atom. The molecule has 0 spiro atoms. The Kier molecular flexibility index (Phi) is 6.46. The second-order valence-electron chi connectivity index (χ2n) is 7.03. The highest BCUT2D eigenvalue weighted by atomic mass is 35.5. The van der Waals surface area contributed by atoms with Crippen molar-refractivity contribution in [2.75, 3.05) is 28.4 Å². The van der Waals surface area contributed by atoms with Crippen molar-refractivity contribution < 1.29 is 28.5 Å².